The third-order valence-electron chi connectivity index (χ3n) is 0.908. The molecule has 3 heteroatoms. The first-order valence-electron chi connectivity index (χ1n) is 2.99. The van der Waals surface area contributed by atoms with E-state index in [-0.39, 0.29) is 11.3 Å². The Bertz CT molecular complexity index is 105. The standard InChI is InChI=1S/C6H13NO.CH2O/c1-6(2,3)5(8)7-4;1-2/h1-4H3,(H,7,8);1H2. The molecule has 3 nitrogen and oxygen atoms in total. The van der Waals surface area contributed by atoms with Crippen molar-refractivity contribution >= 4 is 12.7 Å². The lowest BCUT2D eigenvalue weighted by molar-refractivity contribution is -0.127. The zero-order chi connectivity index (χ0) is 8.78. The van der Waals surface area contributed by atoms with Crippen LogP contribution in [-0.2, 0) is 9.59 Å². The molecule has 0 aromatic carbocycles. The summed E-state index contributed by atoms with van der Waals surface area (Å²) < 4.78 is 0. The summed E-state index contributed by atoms with van der Waals surface area (Å²) in [5.41, 5.74) is -0.241. The minimum Gasteiger partial charge on any atom is -0.359 e. The SMILES string of the molecule is C=O.CNC(=O)C(C)(C)C. The molecule has 0 aromatic heterocycles. The predicted molar refractivity (Wildman–Crippen MR) is 40.6 cm³/mol. The van der Waals surface area contributed by atoms with E-state index >= 15 is 0 Å². The van der Waals surface area contributed by atoms with Crippen LogP contribution in [0.1, 0.15) is 20.8 Å². The van der Waals surface area contributed by atoms with Gasteiger partial charge in [-0.3, -0.25) is 4.79 Å². The topological polar surface area (TPSA) is 46.2 Å². The highest BCUT2D eigenvalue weighted by molar-refractivity contribution is 5.80. The van der Waals surface area contributed by atoms with Crippen molar-refractivity contribution in [2.75, 3.05) is 7.05 Å². The molecule has 0 atom stereocenters. The summed E-state index contributed by atoms with van der Waals surface area (Å²) >= 11 is 0. The molecule has 0 heterocycles. The van der Waals surface area contributed by atoms with Crippen molar-refractivity contribution in [3.05, 3.63) is 0 Å². The first-order valence-corrected chi connectivity index (χ1v) is 2.99. The molecule has 0 bridgehead atoms. The summed E-state index contributed by atoms with van der Waals surface area (Å²) in [6, 6.07) is 0. The van der Waals surface area contributed by atoms with Gasteiger partial charge in [-0.1, -0.05) is 20.8 Å². The molecule has 1 amide bonds. The lowest BCUT2D eigenvalue weighted by atomic mass is 9.96. The van der Waals surface area contributed by atoms with Crippen molar-refractivity contribution in [2.45, 2.75) is 20.8 Å². The smallest absolute Gasteiger partial charge is 0.225 e. The number of nitrogens with one attached hydrogen (secondary N) is 1. The quantitative estimate of drug-likeness (QED) is 0.542. The van der Waals surface area contributed by atoms with Gasteiger partial charge in [0.1, 0.15) is 6.79 Å². The van der Waals surface area contributed by atoms with Gasteiger partial charge in [0, 0.05) is 12.5 Å². The van der Waals surface area contributed by atoms with E-state index in [0.29, 0.717) is 0 Å². The van der Waals surface area contributed by atoms with Crippen molar-refractivity contribution in [1.82, 2.24) is 5.32 Å². The molecule has 0 rings (SSSR count). The molecule has 0 aromatic rings. The van der Waals surface area contributed by atoms with Gasteiger partial charge in [0.15, 0.2) is 0 Å². The summed E-state index contributed by atoms with van der Waals surface area (Å²) in [7, 11) is 1.65. The summed E-state index contributed by atoms with van der Waals surface area (Å²) in [5.74, 6) is 0.0810. The van der Waals surface area contributed by atoms with Crippen LogP contribution in [0.3, 0.4) is 0 Å². The Morgan fingerprint density at radius 1 is 1.30 bits per heavy atom. The van der Waals surface area contributed by atoms with E-state index < -0.39 is 0 Å². The molecule has 0 unspecified atom stereocenters. The van der Waals surface area contributed by atoms with Crippen LogP contribution in [-0.4, -0.2) is 19.7 Å². The average Bonchev–Trinajstić information content (AvgIpc) is 1.89. The number of rotatable bonds is 0. The highest BCUT2D eigenvalue weighted by atomic mass is 16.2. The molecule has 0 saturated heterocycles. The first-order chi connectivity index (χ1) is 4.48. The van der Waals surface area contributed by atoms with Crippen LogP contribution in [0, 0.1) is 5.41 Å². The monoisotopic (exact) mass is 145 g/mol. The zero-order valence-electron chi connectivity index (χ0n) is 7.02. The largest absolute Gasteiger partial charge is 0.359 e. The Morgan fingerprint density at radius 2 is 1.60 bits per heavy atom. The lowest BCUT2D eigenvalue weighted by Crippen LogP contribution is -2.31. The van der Waals surface area contributed by atoms with E-state index in [1.54, 1.807) is 7.05 Å². The number of carbonyl (C=O) groups is 2. The molecular weight excluding hydrogens is 130 g/mol. The second-order valence-corrected chi connectivity index (χ2v) is 2.83. The maximum absolute atomic E-state index is 10.7. The number of hydrogen-bond donors (Lipinski definition) is 1. The Morgan fingerprint density at radius 3 is 1.60 bits per heavy atom. The highest BCUT2D eigenvalue weighted by Crippen LogP contribution is 2.11. The molecule has 60 valence electrons. The van der Waals surface area contributed by atoms with Gasteiger partial charge in [0.05, 0.1) is 0 Å². The molecule has 0 fully saturated rings. The van der Waals surface area contributed by atoms with Gasteiger partial charge in [-0.2, -0.15) is 0 Å². The van der Waals surface area contributed by atoms with E-state index in [4.69, 9.17) is 4.79 Å². The second kappa shape index (κ2) is 4.97. The highest BCUT2D eigenvalue weighted by Gasteiger charge is 2.18. The van der Waals surface area contributed by atoms with Gasteiger partial charge >= 0.3 is 0 Å². The van der Waals surface area contributed by atoms with Crippen molar-refractivity contribution in [1.29, 1.82) is 0 Å². The minimum atomic E-state index is -0.241. The van der Waals surface area contributed by atoms with Gasteiger partial charge in [-0.05, 0) is 0 Å². The van der Waals surface area contributed by atoms with Crippen LogP contribution in [0.5, 0.6) is 0 Å². The van der Waals surface area contributed by atoms with Gasteiger partial charge in [0.25, 0.3) is 0 Å². The maximum Gasteiger partial charge on any atom is 0.225 e. The number of carbonyl (C=O) groups excluding carboxylic acids is 2. The van der Waals surface area contributed by atoms with Gasteiger partial charge < -0.3 is 10.1 Å². The Labute approximate surface area is 61.8 Å². The third-order valence-corrected chi connectivity index (χ3v) is 0.908. The van der Waals surface area contributed by atoms with Crippen LogP contribution < -0.4 is 5.32 Å². The predicted octanol–water partition coefficient (Wildman–Crippen LogP) is 0.594. The Kier molecular flexibility index (Phi) is 5.90. The molecule has 0 aliphatic rings. The molecular formula is C7H15NO2. The third kappa shape index (κ3) is 5.28. The van der Waals surface area contributed by atoms with Gasteiger partial charge in [-0.25, -0.2) is 0 Å². The van der Waals surface area contributed by atoms with E-state index in [9.17, 15) is 4.79 Å². The minimum absolute atomic E-state index is 0.0810. The van der Waals surface area contributed by atoms with Crippen molar-refractivity contribution in [3.63, 3.8) is 0 Å². The Hall–Kier alpha value is -0.860. The molecule has 10 heavy (non-hydrogen) atoms. The van der Waals surface area contributed by atoms with Crippen molar-refractivity contribution in [2.24, 2.45) is 5.41 Å². The molecule has 0 aliphatic heterocycles. The van der Waals surface area contributed by atoms with Crippen LogP contribution >= 0.6 is 0 Å². The van der Waals surface area contributed by atoms with Crippen molar-refractivity contribution in [3.8, 4) is 0 Å². The number of hydrogen-bond acceptors (Lipinski definition) is 2. The van der Waals surface area contributed by atoms with Crippen LogP contribution in [0.25, 0.3) is 0 Å². The van der Waals surface area contributed by atoms with E-state index in [1.807, 2.05) is 27.6 Å². The fourth-order valence-electron chi connectivity index (χ4n) is 0.375. The fourth-order valence-corrected chi connectivity index (χ4v) is 0.375. The average molecular weight is 145 g/mol. The molecule has 0 spiro atoms. The van der Waals surface area contributed by atoms with Crippen LogP contribution in [0.15, 0.2) is 0 Å². The van der Waals surface area contributed by atoms with Crippen LogP contribution in [0.2, 0.25) is 0 Å². The summed E-state index contributed by atoms with van der Waals surface area (Å²) in [4.78, 5) is 18.7. The summed E-state index contributed by atoms with van der Waals surface area (Å²) in [5, 5.41) is 2.57. The van der Waals surface area contributed by atoms with Crippen molar-refractivity contribution < 1.29 is 9.59 Å². The van der Waals surface area contributed by atoms with Crippen LogP contribution in [0.4, 0.5) is 0 Å². The number of amides is 1. The first kappa shape index (κ1) is 11.9. The van der Waals surface area contributed by atoms with Gasteiger partial charge in [0.2, 0.25) is 5.91 Å². The van der Waals surface area contributed by atoms with E-state index in [1.165, 1.54) is 0 Å². The molecule has 0 aliphatic carbocycles. The summed E-state index contributed by atoms with van der Waals surface area (Å²) in [6.07, 6.45) is 0. The zero-order valence-corrected chi connectivity index (χ0v) is 7.02. The molecule has 1 N–H and O–H groups in total. The Balaban J connectivity index is 0. The summed E-state index contributed by atoms with van der Waals surface area (Å²) in [6.45, 7) is 7.64. The lowest BCUT2D eigenvalue weighted by Gasteiger charge is -2.14. The maximum atomic E-state index is 10.7. The fraction of sp³-hybridized carbons (Fsp3) is 0.714. The second-order valence-electron chi connectivity index (χ2n) is 2.83. The molecule has 0 radical (unpaired) electrons. The molecule has 0 saturated carbocycles. The van der Waals surface area contributed by atoms with Gasteiger partial charge in [-0.15, -0.1) is 0 Å². The normalized spacial score (nSPS) is 9.20. The van der Waals surface area contributed by atoms with E-state index in [0.717, 1.165) is 0 Å². The van der Waals surface area contributed by atoms with E-state index in [2.05, 4.69) is 5.32 Å².